The summed E-state index contributed by atoms with van der Waals surface area (Å²) in [4.78, 5) is 23.5. The van der Waals surface area contributed by atoms with Crippen molar-refractivity contribution in [1.29, 1.82) is 0 Å². The summed E-state index contributed by atoms with van der Waals surface area (Å²) in [6, 6.07) is 7.85. The van der Waals surface area contributed by atoms with E-state index in [1.165, 1.54) is 38.7 Å². The zero-order valence-electron chi connectivity index (χ0n) is 14.7. The molecule has 0 heterocycles. The van der Waals surface area contributed by atoms with E-state index in [-0.39, 0.29) is 18.4 Å². The first kappa shape index (κ1) is 19.4. The van der Waals surface area contributed by atoms with Crippen LogP contribution in [-0.2, 0) is 20.7 Å². The second-order valence-electron chi connectivity index (χ2n) is 5.80. The van der Waals surface area contributed by atoms with Crippen LogP contribution in [-0.4, -0.2) is 24.0 Å². The van der Waals surface area contributed by atoms with Gasteiger partial charge in [0, 0.05) is 0 Å². The van der Waals surface area contributed by atoms with Crippen LogP contribution in [0.3, 0.4) is 0 Å². The highest BCUT2D eigenvalue weighted by Crippen LogP contribution is 2.20. The summed E-state index contributed by atoms with van der Waals surface area (Å²) in [7, 11) is 0. The monoisotopic (exact) mass is 320 g/mol. The van der Waals surface area contributed by atoms with Crippen LogP contribution in [0.25, 0.3) is 0 Å². The molecule has 0 saturated heterocycles. The number of ketones is 2. The molecule has 0 amide bonds. The van der Waals surface area contributed by atoms with Gasteiger partial charge >= 0.3 is 0 Å². The molecule has 23 heavy (non-hydrogen) atoms. The molecule has 0 spiro atoms. The van der Waals surface area contributed by atoms with Gasteiger partial charge in [-0.2, -0.15) is 0 Å². The Hall–Kier alpha value is -1.68. The standard InChI is InChI=1S/C19H28O4/c1-5-7-8-9-17-10-12-18(13-11-17)22-14-23-19(6-2,15(3)20)16(4)21/h10-13H,5-9,14H2,1-4H3. The summed E-state index contributed by atoms with van der Waals surface area (Å²) < 4.78 is 11.0. The van der Waals surface area contributed by atoms with Gasteiger partial charge in [0.25, 0.3) is 0 Å². The predicted molar refractivity (Wildman–Crippen MR) is 90.6 cm³/mol. The Morgan fingerprint density at radius 2 is 1.61 bits per heavy atom. The molecular weight excluding hydrogens is 292 g/mol. The maximum atomic E-state index is 11.7. The number of hydrogen-bond acceptors (Lipinski definition) is 4. The highest BCUT2D eigenvalue weighted by atomic mass is 16.7. The lowest BCUT2D eigenvalue weighted by molar-refractivity contribution is -0.165. The van der Waals surface area contributed by atoms with Crippen LogP contribution in [0.15, 0.2) is 24.3 Å². The quantitative estimate of drug-likeness (QED) is 0.350. The van der Waals surface area contributed by atoms with Crippen molar-refractivity contribution in [2.24, 2.45) is 0 Å². The summed E-state index contributed by atoms with van der Waals surface area (Å²) in [6.45, 7) is 6.57. The molecule has 1 rings (SSSR count). The molecule has 0 aromatic heterocycles. The largest absolute Gasteiger partial charge is 0.468 e. The average molecular weight is 320 g/mol. The molecule has 0 saturated carbocycles. The number of carbonyl (C=O) groups is 2. The van der Waals surface area contributed by atoms with E-state index in [1.807, 2.05) is 24.3 Å². The van der Waals surface area contributed by atoms with Gasteiger partial charge in [0.2, 0.25) is 0 Å². The Morgan fingerprint density at radius 1 is 1.00 bits per heavy atom. The summed E-state index contributed by atoms with van der Waals surface area (Å²) in [6.07, 6.45) is 5.01. The summed E-state index contributed by atoms with van der Waals surface area (Å²) in [5.74, 6) is 0.0890. The van der Waals surface area contributed by atoms with Crippen LogP contribution in [0.2, 0.25) is 0 Å². The average Bonchev–Trinajstić information content (AvgIpc) is 2.52. The summed E-state index contributed by atoms with van der Waals surface area (Å²) in [5, 5.41) is 0. The van der Waals surface area contributed by atoms with Crippen LogP contribution >= 0.6 is 0 Å². The fourth-order valence-corrected chi connectivity index (χ4v) is 2.58. The van der Waals surface area contributed by atoms with E-state index in [2.05, 4.69) is 6.92 Å². The van der Waals surface area contributed by atoms with Crippen LogP contribution in [0.1, 0.15) is 58.9 Å². The van der Waals surface area contributed by atoms with E-state index >= 15 is 0 Å². The van der Waals surface area contributed by atoms with Gasteiger partial charge in [-0.25, -0.2) is 0 Å². The number of unbranched alkanes of at least 4 members (excludes halogenated alkanes) is 2. The molecule has 1 aromatic rings. The Bertz CT molecular complexity index is 491. The SMILES string of the molecule is CCCCCc1ccc(OCOC(CC)(C(C)=O)C(C)=O)cc1. The highest BCUT2D eigenvalue weighted by molar-refractivity contribution is 6.08. The molecule has 4 nitrogen and oxygen atoms in total. The predicted octanol–water partition coefficient (Wildman–Crippen LogP) is 4.10. The molecule has 0 radical (unpaired) electrons. The minimum absolute atomic E-state index is 0.123. The Balaban J connectivity index is 2.54. The van der Waals surface area contributed by atoms with Crippen LogP contribution in [0.4, 0.5) is 0 Å². The second-order valence-corrected chi connectivity index (χ2v) is 5.80. The first-order chi connectivity index (χ1) is 11.0. The van der Waals surface area contributed by atoms with Gasteiger partial charge < -0.3 is 9.47 Å². The van der Waals surface area contributed by atoms with Crippen molar-refractivity contribution in [1.82, 2.24) is 0 Å². The van der Waals surface area contributed by atoms with E-state index in [0.717, 1.165) is 6.42 Å². The number of aryl methyl sites for hydroxylation is 1. The number of Topliss-reactive ketones (excluding diaryl/α,β-unsaturated/α-hetero) is 2. The van der Waals surface area contributed by atoms with Gasteiger partial charge in [0.15, 0.2) is 24.0 Å². The van der Waals surface area contributed by atoms with Crippen molar-refractivity contribution in [2.45, 2.75) is 65.4 Å². The third kappa shape index (κ3) is 5.47. The van der Waals surface area contributed by atoms with Gasteiger partial charge in [-0.15, -0.1) is 0 Å². The summed E-state index contributed by atoms with van der Waals surface area (Å²) >= 11 is 0. The van der Waals surface area contributed by atoms with E-state index in [9.17, 15) is 9.59 Å². The van der Waals surface area contributed by atoms with Crippen molar-refractivity contribution in [3.8, 4) is 5.75 Å². The zero-order valence-corrected chi connectivity index (χ0v) is 14.7. The number of hydrogen-bond donors (Lipinski definition) is 0. The highest BCUT2D eigenvalue weighted by Gasteiger charge is 2.40. The van der Waals surface area contributed by atoms with Gasteiger partial charge in [0.1, 0.15) is 5.75 Å². The molecule has 4 heteroatoms. The Kier molecular flexibility index (Phi) is 7.96. The van der Waals surface area contributed by atoms with Crippen molar-refractivity contribution < 1.29 is 19.1 Å². The van der Waals surface area contributed by atoms with Gasteiger partial charge in [0.05, 0.1) is 0 Å². The second kappa shape index (κ2) is 9.46. The Morgan fingerprint density at radius 3 is 2.09 bits per heavy atom. The first-order valence-electron chi connectivity index (χ1n) is 8.34. The van der Waals surface area contributed by atoms with E-state index in [1.54, 1.807) is 6.92 Å². The lowest BCUT2D eigenvalue weighted by Crippen LogP contribution is -2.47. The number of carbonyl (C=O) groups excluding carboxylic acids is 2. The molecular formula is C19H28O4. The lowest BCUT2D eigenvalue weighted by atomic mass is 9.91. The molecule has 0 aliphatic rings. The van der Waals surface area contributed by atoms with Crippen molar-refractivity contribution in [3.05, 3.63) is 29.8 Å². The van der Waals surface area contributed by atoms with Crippen molar-refractivity contribution >= 4 is 11.6 Å². The van der Waals surface area contributed by atoms with E-state index < -0.39 is 5.60 Å². The maximum Gasteiger partial charge on any atom is 0.190 e. The van der Waals surface area contributed by atoms with Crippen LogP contribution in [0.5, 0.6) is 5.75 Å². The fourth-order valence-electron chi connectivity index (χ4n) is 2.58. The maximum absolute atomic E-state index is 11.7. The molecule has 0 bridgehead atoms. The molecule has 0 fully saturated rings. The molecule has 0 aliphatic heterocycles. The zero-order chi connectivity index (χ0) is 17.3. The van der Waals surface area contributed by atoms with Crippen molar-refractivity contribution in [2.75, 3.05) is 6.79 Å². The normalized spacial score (nSPS) is 11.3. The number of ether oxygens (including phenoxy) is 2. The van der Waals surface area contributed by atoms with Crippen molar-refractivity contribution in [3.63, 3.8) is 0 Å². The minimum atomic E-state index is -1.39. The number of rotatable bonds is 11. The number of benzene rings is 1. The first-order valence-corrected chi connectivity index (χ1v) is 8.34. The van der Waals surface area contributed by atoms with Crippen LogP contribution < -0.4 is 4.74 Å². The topological polar surface area (TPSA) is 52.6 Å². The van der Waals surface area contributed by atoms with E-state index in [4.69, 9.17) is 9.47 Å². The van der Waals surface area contributed by atoms with Gasteiger partial charge in [-0.3, -0.25) is 9.59 Å². The molecule has 0 unspecified atom stereocenters. The minimum Gasteiger partial charge on any atom is -0.468 e. The third-order valence-corrected chi connectivity index (χ3v) is 4.16. The molecule has 1 aromatic carbocycles. The summed E-state index contributed by atoms with van der Waals surface area (Å²) in [5.41, 5.74) is -0.109. The molecule has 0 aliphatic carbocycles. The van der Waals surface area contributed by atoms with Crippen LogP contribution in [0, 0.1) is 0 Å². The Labute approximate surface area is 139 Å². The molecule has 0 N–H and O–H groups in total. The molecule has 0 atom stereocenters. The van der Waals surface area contributed by atoms with Gasteiger partial charge in [-0.1, -0.05) is 38.8 Å². The lowest BCUT2D eigenvalue weighted by Gasteiger charge is -2.27. The molecule has 128 valence electrons. The third-order valence-electron chi connectivity index (χ3n) is 4.16. The van der Waals surface area contributed by atoms with E-state index in [0.29, 0.717) is 12.2 Å². The smallest absolute Gasteiger partial charge is 0.190 e. The fraction of sp³-hybridized carbons (Fsp3) is 0.579. The van der Waals surface area contributed by atoms with Gasteiger partial charge in [-0.05, 0) is 50.8 Å².